The minimum absolute atomic E-state index is 0.0428. The summed E-state index contributed by atoms with van der Waals surface area (Å²) in [7, 11) is 0. The van der Waals surface area contributed by atoms with Crippen LogP contribution in [0.1, 0.15) is 32.1 Å². The van der Waals surface area contributed by atoms with E-state index in [0.29, 0.717) is 54.9 Å². The molecule has 4 aliphatic rings. The van der Waals surface area contributed by atoms with Crippen LogP contribution in [0.4, 0.5) is 24.1 Å². The Morgan fingerprint density at radius 1 is 1.12 bits per heavy atom. The molecule has 4 atom stereocenters. The lowest BCUT2D eigenvalue weighted by Gasteiger charge is -2.34. The molecular formula is C29H29ClF3N7OS. The predicted octanol–water partition coefficient (Wildman–Crippen LogP) is 5.32. The van der Waals surface area contributed by atoms with Crippen molar-refractivity contribution in [1.29, 1.82) is 0 Å². The van der Waals surface area contributed by atoms with E-state index in [9.17, 15) is 8.78 Å². The number of nitrogens with one attached hydrogen (secondary N) is 1. The number of hydrogen-bond donors (Lipinski definition) is 2. The molecule has 2 unspecified atom stereocenters. The molecule has 2 aromatic carbocycles. The van der Waals surface area contributed by atoms with Crippen LogP contribution in [0.15, 0.2) is 18.2 Å². The molecule has 4 saturated heterocycles. The number of nitrogen functional groups attached to an aromatic ring is 1. The van der Waals surface area contributed by atoms with E-state index in [-0.39, 0.29) is 44.1 Å². The van der Waals surface area contributed by atoms with Gasteiger partial charge in [0.25, 0.3) is 0 Å². The zero-order valence-electron chi connectivity index (χ0n) is 22.7. The van der Waals surface area contributed by atoms with E-state index in [0.717, 1.165) is 43.6 Å². The number of aromatic nitrogens is 3. The van der Waals surface area contributed by atoms with Gasteiger partial charge in [-0.05, 0) is 50.4 Å². The van der Waals surface area contributed by atoms with Crippen LogP contribution in [-0.4, -0.2) is 76.4 Å². The number of thiazole rings is 1. The lowest BCUT2D eigenvalue weighted by molar-refractivity contribution is 0.107. The highest BCUT2D eigenvalue weighted by Gasteiger charge is 2.49. The van der Waals surface area contributed by atoms with Crippen molar-refractivity contribution in [3.8, 4) is 17.1 Å². The van der Waals surface area contributed by atoms with Crippen molar-refractivity contribution < 1.29 is 17.9 Å². The van der Waals surface area contributed by atoms with Gasteiger partial charge in [-0.2, -0.15) is 9.97 Å². The summed E-state index contributed by atoms with van der Waals surface area (Å²) >= 11 is 7.78. The topological polar surface area (TPSA) is 92.4 Å². The molecule has 0 aliphatic carbocycles. The highest BCUT2D eigenvalue weighted by Crippen LogP contribution is 2.44. The van der Waals surface area contributed by atoms with Crippen molar-refractivity contribution in [2.24, 2.45) is 0 Å². The second-order valence-corrected chi connectivity index (χ2v) is 13.4. The standard InChI is InChI=1S/C29H29ClF3N7OS/c30-19-8-18-23(22(33)21(19)17-4-5-20(32)25-24(17)36-27(34)42-25)37-28(38-26(18)39-11-15-2-3-16(12-39)35-15)41-13-29-6-1-7-40(29)10-14(31)9-29/h4-5,8,14-16,35H,1-3,6-7,9-13H2,(H2,34,36)/t14-,15?,16?,29+/m1/s1. The van der Waals surface area contributed by atoms with Crippen LogP contribution in [-0.2, 0) is 0 Å². The van der Waals surface area contributed by atoms with E-state index in [1.165, 1.54) is 12.1 Å². The zero-order valence-corrected chi connectivity index (χ0v) is 24.2. The SMILES string of the molecule is Nc1nc2c(-c3c(Cl)cc4c(N5CC6CCC(C5)N6)nc(OC[C@@]56CCCN5C[C@H](F)C6)nc4c3F)ccc(F)c2s1. The Hall–Kier alpha value is -2.93. The summed E-state index contributed by atoms with van der Waals surface area (Å²) < 4.78 is 52.1. The monoisotopic (exact) mass is 615 g/mol. The van der Waals surface area contributed by atoms with Crippen molar-refractivity contribution in [3.63, 3.8) is 0 Å². The first-order valence-electron chi connectivity index (χ1n) is 14.4. The second kappa shape index (κ2) is 9.80. The second-order valence-electron chi connectivity index (χ2n) is 12.0. The third-order valence-electron chi connectivity index (χ3n) is 9.37. The normalized spacial score (nSPS) is 27.4. The molecular weight excluding hydrogens is 587 g/mol. The number of halogens is 4. The van der Waals surface area contributed by atoms with Crippen molar-refractivity contribution in [2.75, 3.05) is 43.4 Å². The average Bonchev–Trinajstić information content (AvgIpc) is 3.70. The summed E-state index contributed by atoms with van der Waals surface area (Å²) in [6.07, 6.45) is 3.45. The Morgan fingerprint density at radius 3 is 2.74 bits per heavy atom. The highest BCUT2D eigenvalue weighted by molar-refractivity contribution is 7.22. The number of benzene rings is 2. The van der Waals surface area contributed by atoms with Crippen LogP contribution in [0, 0.1) is 11.6 Å². The van der Waals surface area contributed by atoms with Crippen molar-refractivity contribution in [3.05, 3.63) is 34.9 Å². The van der Waals surface area contributed by atoms with Gasteiger partial charge in [0, 0.05) is 54.7 Å². The van der Waals surface area contributed by atoms with Crippen LogP contribution in [0.25, 0.3) is 32.2 Å². The molecule has 42 heavy (non-hydrogen) atoms. The summed E-state index contributed by atoms with van der Waals surface area (Å²) in [6.45, 7) is 2.88. The molecule has 8 nitrogen and oxygen atoms in total. The molecule has 2 bridgehead atoms. The van der Waals surface area contributed by atoms with Gasteiger partial charge in [0.2, 0.25) is 0 Å². The van der Waals surface area contributed by atoms with E-state index in [4.69, 9.17) is 27.1 Å². The van der Waals surface area contributed by atoms with Gasteiger partial charge < -0.3 is 20.7 Å². The highest BCUT2D eigenvalue weighted by atomic mass is 35.5. The summed E-state index contributed by atoms with van der Waals surface area (Å²) in [6, 6.07) is 5.06. The first kappa shape index (κ1) is 26.7. The summed E-state index contributed by atoms with van der Waals surface area (Å²) in [4.78, 5) is 18.0. The van der Waals surface area contributed by atoms with E-state index >= 15 is 4.39 Å². The molecule has 0 radical (unpaired) electrons. The summed E-state index contributed by atoms with van der Waals surface area (Å²) in [5, 5.41) is 4.39. The van der Waals surface area contributed by atoms with E-state index in [2.05, 4.69) is 25.1 Å². The van der Waals surface area contributed by atoms with E-state index in [1.807, 2.05) is 0 Å². The van der Waals surface area contributed by atoms with E-state index in [1.54, 1.807) is 6.07 Å². The van der Waals surface area contributed by atoms with Crippen molar-refractivity contribution >= 4 is 55.0 Å². The quantitative estimate of drug-likeness (QED) is 0.312. The smallest absolute Gasteiger partial charge is 0.319 e. The Morgan fingerprint density at radius 2 is 1.93 bits per heavy atom. The number of nitrogens with two attached hydrogens (primary N) is 1. The maximum atomic E-state index is 16.7. The summed E-state index contributed by atoms with van der Waals surface area (Å²) in [5.74, 6) is -0.607. The fourth-order valence-electron chi connectivity index (χ4n) is 7.52. The molecule has 0 amide bonds. The maximum absolute atomic E-state index is 16.7. The predicted molar refractivity (Wildman–Crippen MR) is 158 cm³/mol. The van der Waals surface area contributed by atoms with Gasteiger partial charge in [0.15, 0.2) is 10.9 Å². The zero-order chi connectivity index (χ0) is 28.7. The number of hydrogen-bond acceptors (Lipinski definition) is 9. The Bertz CT molecular complexity index is 1730. The van der Waals surface area contributed by atoms with Gasteiger partial charge in [-0.15, -0.1) is 0 Å². The van der Waals surface area contributed by atoms with Gasteiger partial charge in [0.1, 0.15) is 29.9 Å². The molecule has 0 spiro atoms. The average molecular weight is 616 g/mol. The fraction of sp³-hybridized carbons (Fsp3) is 0.483. The molecule has 8 rings (SSSR count). The number of fused-ring (bicyclic) bond motifs is 5. The summed E-state index contributed by atoms with van der Waals surface area (Å²) in [5.41, 5.74) is 6.17. The first-order chi connectivity index (χ1) is 20.3. The molecule has 4 aromatic rings. The number of alkyl halides is 1. The lowest BCUT2D eigenvalue weighted by atomic mass is 9.95. The van der Waals surface area contributed by atoms with Crippen LogP contribution in [0.2, 0.25) is 5.02 Å². The Balaban J connectivity index is 1.27. The molecule has 13 heteroatoms. The number of ether oxygens (including phenoxy) is 1. The molecule has 3 N–H and O–H groups in total. The minimum Gasteiger partial charge on any atom is -0.461 e. The Labute approximate surface area is 249 Å². The van der Waals surface area contributed by atoms with Crippen LogP contribution in [0.3, 0.4) is 0 Å². The first-order valence-corrected chi connectivity index (χ1v) is 15.5. The molecule has 0 saturated carbocycles. The van der Waals surface area contributed by atoms with Crippen molar-refractivity contribution in [2.45, 2.75) is 55.9 Å². The van der Waals surface area contributed by atoms with Crippen molar-refractivity contribution in [1.82, 2.24) is 25.2 Å². The van der Waals surface area contributed by atoms with Crippen LogP contribution < -0.4 is 20.7 Å². The van der Waals surface area contributed by atoms with Gasteiger partial charge in [-0.1, -0.05) is 22.9 Å². The Kier molecular flexibility index (Phi) is 6.22. The molecule has 4 aliphatic heterocycles. The number of anilines is 2. The number of piperazine rings is 1. The maximum Gasteiger partial charge on any atom is 0.319 e. The molecule has 2 aromatic heterocycles. The third-order valence-corrected chi connectivity index (χ3v) is 10.6. The molecule has 4 fully saturated rings. The molecule has 6 heterocycles. The third kappa shape index (κ3) is 4.21. The molecule has 220 valence electrons. The van der Waals surface area contributed by atoms with Gasteiger partial charge >= 0.3 is 6.01 Å². The van der Waals surface area contributed by atoms with Gasteiger partial charge in [-0.3, -0.25) is 4.90 Å². The lowest BCUT2D eigenvalue weighted by Crippen LogP contribution is -2.51. The fourth-order valence-corrected chi connectivity index (χ4v) is 8.58. The van der Waals surface area contributed by atoms with Crippen LogP contribution >= 0.6 is 22.9 Å². The van der Waals surface area contributed by atoms with Gasteiger partial charge in [0.05, 0.1) is 20.8 Å². The number of rotatable bonds is 5. The largest absolute Gasteiger partial charge is 0.461 e. The van der Waals surface area contributed by atoms with Gasteiger partial charge in [-0.25, -0.2) is 18.2 Å². The minimum atomic E-state index is -0.896. The number of nitrogens with zero attached hydrogens (tertiary/aromatic N) is 5. The van der Waals surface area contributed by atoms with E-state index < -0.39 is 23.3 Å². The van der Waals surface area contributed by atoms with Crippen LogP contribution in [0.5, 0.6) is 6.01 Å².